The number of aromatic nitrogens is 2. The lowest BCUT2D eigenvalue weighted by atomic mass is 9.89. The number of nitrogens with zero attached hydrogens (tertiary/aromatic N) is 3. The van der Waals surface area contributed by atoms with Crippen molar-refractivity contribution in [3.63, 3.8) is 0 Å². The van der Waals surface area contributed by atoms with Gasteiger partial charge in [-0.05, 0) is 98.1 Å². The highest BCUT2D eigenvalue weighted by Crippen LogP contribution is 2.36. The molecule has 5 nitrogen and oxygen atoms in total. The number of likely N-dealkylation sites (tertiary alicyclic amines) is 1. The summed E-state index contributed by atoms with van der Waals surface area (Å²) in [6.07, 6.45) is 6.95. The fourth-order valence-electron chi connectivity index (χ4n) is 4.22. The first-order valence-electron chi connectivity index (χ1n) is 10.1. The molecule has 3 aromatic rings. The molecule has 0 amide bonds. The van der Waals surface area contributed by atoms with Gasteiger partial charge < -0.3 is 4.90 Å². The van der Waals surface area contributed by atoms with Crippen LogP contribution in [0.4, 0.5) is 0 Å². The van der Waals surface area contributed by atoms with E-state index in [9.17, 15) is 8.42 Å². The molecule has 0 aliphatic carbocycles. The highest BCUT2D eigenvalue weighted by molar-refractivity contribution is 14.1. The topological polar surface area (TPSA) is 55.2 Å². The van der Waals surface area contributed by atoms with E-state index in [1.165, 1.54) is 10.4 Å². The molecule has 0 spiro atoms. The van der Waals surface area contributed by atoms with Crippen molar-refractivity contribution < 1.29 is 8.42 Å². The Balaban J connectivity index is 1.78. The second-order valence-electron chi connectivity index (χ2n) is 7.84. The van der Waals surface area contributed by atoms with Crippen LogP contribution in [-0.4, -0.2) is 41.9 Å². The monoisotopic (exact) mass is 523 g/mol. The molecule has 1 aliphatic rings. The first-order chi connectivity index (χ1) is 13.9. The SMILES string of the molecule is CCCN1CCC(c2cn(S(=O)(=O)c3ccc(C)cc3)c3cc(I)ncc23)CC1. The van der Waals surface area contributed by atoms with E-state index < -0.39 is 10.0 Å². The van der Waals surface area contributed by atoms with Crippen LogP contribution in [-0.2, 0) is 10.0 Å². The lowest BCUT2D eigenvalue weighted by Crippen LogP contribution is -2.33. The van der Waals surface area contributed by atoms with E-state index in [1.54, 1.807) is 12.1 Å². The predicted octanol–water partition coefficient (Wildman–Crippen LogP) is 4.78. The molecule has 4 rings (SSSR count). The largest absolute Gasteiger partial charge is 0.303 e. The van der Waals surface area contributed by atoms with Crippen molar-refractivity contribution in [1.82, 2.24) is 13.9 Å². The summed E-state index contributed by atoms with van der Waals surface area (Å²) in [5.41, 5.74) is 2.87. The van der Waals surface area contributed by atoms with Crippen molar-refractivity contribution in [2.24, 2.45) is 0 Å². The van der Waals surface area contributed by atoms with Gasteiger partial charge in [-0.2, -0.15) is 0 Å². The van der Waals surface area contributed by atoms with Crippen LogP contribution in [0.1, 0.15) is 43.2 Å². The zero-order valence-electron chi connectivity index (χ0n) is 16.8. The van der Waals surface area contributed by atoms with Gasteiger partial charge in [-0.1, -0.05) is 24.6 Å². The second kappa shape index (κ2) is 8.35. The van der Waals surface area contributed by atoms with Crippen LogP contribution in [0.2, 0.25) is 0 Å². The Hall–Kier alpha value is -1.45. The Kier molecular flexibility index (Phi) is 5.99. The fraction of sp³-hybridized carbons (Fsp3) is 0.409. The van der Waals surface area contributed by atoms with Crippen LogP contribution >= 0.6 is 22.6 Å². The van der Waals surface area contributed by atoms with Crippen LogP contribution in [0.25, 0.3) is 10.9 Å². The fourth-order valence-corrected chi connectivity index (χ4v) is 6.03. The molecule has 29 heavy (non-hydrogen) atoms. The number of fused-ring (bicyclic) bond motifs is 1. The molecule has 1 saturated heterocycles. The van der Waals surface area contributed by atoms with E-state index in [0.717, 1.165) is 58.2 Å². The van der Waals surface area contributed by atoms with E-state index in [2.05, 4.69) is 39.4 Å². The summed E-state index contributed by atoms with van der Waals surface area (Å²) in [7, 11) is -3.66. The number of aryl methyl sites for hydroxylation is 1. The number of pyridine rings is 1. The summed E-state index contributed by atoms with van der Waals surface area (Å²) in [6, 6.07) is 8.93. The summed E-state index contributed by atoms with van der Waals surface area (Å²) in [5, 5.41) is 0.954. The Bertz CT molecular complexity index is 1110. The van der Waals surface area contributed by atoms with E-state index in [1.807, 2.05) is 37.5 Å². The van der Waals surface area contributed by atoms with Gasteiger partial charge in [0.15, 0.2) is 0 Å². The number of halogens is 1. The van der Waals surface area contributed by atoms with Crippen LogP contribution in [0.3, 0.4) is 0 Å². The number of hydrogen-bond donors (Lipinski definition) is 0. The zero-order chi connectivity index (χ0) is 20.6. The van der Waals surface area contributed by atoms with Gasteiger partial charge in [-0.25, -0.2) is 17.4 Å². The normalized spacial score (nSPS) is 16.5. The van der Waals surface area contributed by atoms with Crippen molar-refractivity contribution in [3.8, 4) is 0 Å². The maximum atomic E-state index is 13.4. The maximum absolute atomic E-state index is 13.4. The number of benzene rings is 1. The van der Waals surface area contributed by atoms with Crippen LogP contribution in [0, 0.1) is 10.6 Å². The van der Waals surface area contributed by atoms with Crippen molar-refractivity contribution in [1.29, 1.82) is 0 Å². The smallest absolute Gasteiger partial charge is 0.268 e. The predicted molar refractivity (Wildman–Crippen MR) is 125 cm³/mol. The summed E-state index contributed by atoms with van der Waals surface area (Å²) in [5.74, 6) is 0.363. The number of hydrogen-bond acceptors (Lipinski definition) is 4. The third-order valence-electron chi connectivity index (χ3n) is 5.80. The summed E-state index contributed by atoms with van der Waals surface area (Å²) < 4.78 is 29.1. The van der Waals surface area contributed by atoms with Gasteiger partial charge in [-0.15, -0.1) is 0 Å². The summed E-state index contributed by atoms with van der Waals surface area (Å²) >= 11 is 2.14. The molecular weight excluding hydrogens is 497 g/mol. The summed E-state index contributed by atoms with van der Waals surface area (Å²) in [6.45, 7) is 7.43. The first kappa shape index (κ1) is 20.8. The molecule has 2 aromatic heterocycles. The molecule has 1 aliphatic heterocycles. The molecule has 1 fully saturated rings. The molecule has 154 valence electrons. The van der Waals surface area contributed by atoms with Crippen molar-refractivity contribution >= 4 is 43.5 Å². The third kappa shape index (κ3) is 4.09. The van der Waals surface area contributed by atoms with Gasteiger partial charge in [0.2, 0.25) is 0 Å². The molecule has 3 heterocycles. The molecule has 0 atom stereocenters. The lowest BCUT2D eigenvalue weighted by Gasteiger charge is -2.31. The Morgan fingerprint density at radius 3 is 2.52 bits per heavy atom. The van der Waals surface area contributed by atoms with Gasteiger partial charge in [0.1, 0.15) is 3.70 Å². The van der Waals surface area contributed by atoms with Crippen molar-refractivity contribution in [3.05, 3.63) is 57.6 Å². The standard InChI is InChI=1S/C22H26IN3O2S/c1-3-10-25-11-8-17(9-12-25)20-15-26(21-13-22(23)24-14-19(20)21)29(27,28)18-6-4-16(2)5-7-18/h4-7,13-15,17H,3,8-12H2,1-2H3. The minimum atomic E-state index is -3.66. The van der Waals surface area contributed by atoms with Crippen LogP contribution in [0.5, 0.6) is 0 Å². The molecule has 0 N–H and O–H groups in total. The molecular formula is C22H26IN3O2S. The zero-order valence-corrected chi connectivity index (χ0v) is 19.8. The second-order valence-corrected chi connectivity index (χ2v) is 10.8. The third-order valence-corrected chi connectivity index (χ3v) is 8.08. The van der Waals surface area contributed by atoms with E-state index in [0.29, 0.717) is 10.8 Å². The molecule has 0 radical (unpaired) electrons. The summed E-state index contributed by atoms with van der Waals surface area (Å²) in [4.78, 5) is 7.27. The van der Waals surface area contributed by atoms with Gasteiger partial charge in [0.05, 0.1) is 10.4 Å². The minimum absolute atomic E-state index is 0.316. The van der Waals surface area contributed by atoms with Crippen LogP contribution in [0.15, 0.2) is 47.6 Å². The van der Waals surface area contributed by atoms with E-state index in [-0.39, 0.29) is 0 Å². The van der Waals surface area contributed by atoms with Crippen molar-refractivity contribution in [2.45, 2.75) is 43.9 Å². The molecule has 1 aromatic carbocycles. The quantitative estimate of drug-likeness (QED) is 0.357. The highest BCUT2D eigenvalue weighted by Gasteiger charge is 2.27. The highest BCUT2D eigenvalue weighted by atomic mass is 127. The molecule has 7 heteroatoms. The lowest BCUT2D eigenvalue weighted by molar-refractivity contribution is 0.213. The van der Waals surface area contributed by atoms with E-state index in [4.69, 9.17) is 0 Å². The number of rotatable bonds is 5. The van der Waals surface area contributed by atoms with Gasteiger partial charge in [0.25, 0.3) is 10.0 Å². The Labute approximate surface area is 186 Å². The molecule has 0 unspecified atom stereocenters. The molecule has 0 bridgehead atoms. The first-order valence-corrected chi connectivity index (χ1v) is 12.6. The average Bonchev–Trinajstić information content (AvgIpc) is 3.08. The Morgan fingerprint density at radius 2 is 1.86 bits per heavy atom. The van der Waals surface area contributed by atoms with Gasteiger partial charge in [-0.3, -0.25) is 0 Å². The minimum Gasteiger partial charge on any atom is -0.303 e. The van der Waals surface area contributed by atoms with Crippen molar-refractivity contribution in [2.75, 3.05) is 19.6 Å². The van der Waals surface area contributed by atoms with Gasteiger partial charge >= 0.3 is 0 Å². The number of piperidine rings is 1. The van der Waals surface area contributed by atoms with Crippen LogP contribution < -0.4 is 0 Å². The molecule has 0 saturated carbocycles. The van der Waals surface area contributed by atoms with E-state index >= 15 is 0 Å². The maximum Gasteiger partial charge on any atom is 0.268 e. The average molecular weight is 523 g/mol. The Morgan fingerprint density at radius 1 is 1.17 bits per heavy atom. The van der Waals surface area contributed by atoms with Gasteiger partial charge in [0, 0.05) is 17.8 Å².